The zero-order valence-electron chi connectivity index (χ0n) is 14.9. The van der Waals surface area contributed by atoms with Crippen molar-refractivity contribution in [2.24, 2.45) is 0 Å². The molecule has 1 aromatic heterocycles. The average Bonchev–Trinajstić information content (AvgIpc) is 2.63. The van der Waals surface area contributed by atoms with Gasteiger partial charge in [0.25, 0.3) is 5.91 Å². The van der Waals surface area contributed by atoms with Crippen molar-refractivity contribution >= 4 is 40.1 Å². The highest BCUT2D eigenvalue weighted by atomic mass is 35.5. The number of nitrogens with zero attached hydrogens (tertiary/aromatic N) is 1. The third kappa shape index (κ3) is 4.26. The van der Waals surface area contributed by atoms with E-state index in [0.717, 1.165) is 12.1 Å². The third-order valence-corrected chi connectivity index (χ3v) is 4.26. The highest BCUT2D eigenvalue weighted by Crippen LogP contribution is 2.22. The van der Waals surface area contributed by atoms with Gasteiger partial charge in [0.05, 0.1) is 22.5 Å². The molecule has 3 rings (SSSR count). The van der Waals surface area contributed by atoms with Crippen LogP contribution in [0.4, 0.5) is 14.5 Å². The summed E-state index contributed by atoms with van der Waals surface area (Å²) in [6, 6.07) is 9.39. The van der Waals surface area contributed by atoms with E-state index >= 15 is 0 Å². The predicted octanol–water partition coefficient (Wildman–Crippen LogP) is 4.66. The average molecular weight is 405 g/mol. The molecule has 0 spiro atoms. The first-order valence-electron chi connectivity index (χ1n) is 8.28. The van der Waals surface area contributed by atoms with Crippen LogP contribution in [-0.2, 0) is 9.53 Å². The van der Waals surface area contributed by atoms with Gasteiger partial charge in [0.1, 0.15) is 11.6 Å². The monoisotopic (exact) mass is 404 g/mol. The lowest BCUT2D eigenvalue weighted by Gasteiger charge is -2.15. The second-order valence-corrected chi connectivity index (χ2v) is 6.56. The van der Waals surface area contributed by atoms with Crippen LogP contribution < -0.4 is 5.32 Å². The molecule has 0 aliphatic heterocycles. The molecule has 1 N–H and O–H groups in total. The second kappa shape index (κ2) is 7.90. The van der Waals surface area contributed by atoms with Crippen LogP contribution in [0.2, 0.25) is 5.02 Å². The van der Waals surface area contributed by atoms with E-state index in [2.05, 4.69) is 10.3 Å². The van der Waals surface area contributed by atoms with Crippen LogP contribution in [0, 0.1) is 18.6 Å². The van der Waals surface area contributed by atoms with Crippen molar-refractivity contribution in [3.63, 3.8) is 0 Å². The number of carbonyl (C=O) groups is 2. The fourth-order valence-corrected chi connectivity index (χ4v) is 2.73. The Balaban J connectivity index is 1.75. The molecule has 0 fully saturated rings. The molecule has 1 heterocycles. The maximum absolute atomic E-state index is 13.7. The van der Waals surface area contributed by atoms with Crippen molar-refractivity contribution < 1.29 is 23.1 Å². The third-order valence-electron chi connectivity index (χ3n) is 4.03. The Labute approximate surface area is 164 Å². The van der Waals surface area contributed by atoms with Gasteiger partial charge >= 0.3 is 5.97 Å². The lowest BCUT2D eigenvalue weighted by Crippen LogP contribution is -2.30. The summed E-state index contributed by atoms with van der Waals surface area (Å²) >= 11 is 5.96. The van der Waals surface area contributed by atoms with Crippen molar-refractivity contribution in [3.05, 3.63) is 70.4 Å². The molecule has 5 nitrogen and oxygen atoms in total. The standard InChI is InChI=1S/C20H15ClF2N2O3/c1-10-15(8-12-7-13(21)3-5-17(12)24-10)20(27)28-11(2)19(26)25-18-6-4-14(22)9-16(18)23/h3-9,11H,1-2H3,(H,25,26). The second-order valence-electron chi connectivity index (χ2n) is 6.12. The number of fused-ring (bicyclic) bond motifs is 1. The van der Waals surface area contributed by atoms with Crippen molar-refractivity contribution in [2.75, 3.05) is 5.32 Å². The number of hydrogen-bond donors (Lipinski definition) is 1. The number of nitrogens with one attached hydrogen (secondary N) is 1. The summed E-state index contributed by atoms with van der Waals surface area (Å²) in [4.78, 5) is 29.0. The summed E-state index contributed by atoms with van der Waals surface area (Å²) in [5.74, 6) is -3.21. The van der Waals surface area contributed by atoms with Gasteiger partial charge in [-0.2, -0.15) is 0 Å². The largest absolute Gasteiger partial charge is 0.449 e. The summed E-state index contributed by atoms with van der Waals surface area (Å²) in [6.45, 7) is 2.98. The minimum absolute atomic E-state index is 0.183. The number of pyridine rings is 1. The van der Waals surface area contributed by atoms with Crippen LogP contribution in [0.15, 0.2) is 42.5 Å². The molecule has 1 unspecified atom stereocenters. The first-order valence-corrected chi connectivity index (χ1v) is 8.66. The number of esters is 1. The zero-order chi connectivity index (χ0) is 20.4. The fourth-order valence-electron chi connectivity index (χ4n) is 2.55. The zero-order valence-corrected chi connectivity index (χ0v) is 15.7. The maximum atomic E-state index is 13.7. The summed E-state index contributed by atoms with van der Waals surface area (Å²) in [6.07, 6.45) is -1.22. The van der Waals surface area contributed by atoms with E-state index in [1.807, 2.05) is 0 Å². The quantitative estimate of drug-likeness (QED) is 0.642. The Morgan fingerprint density at radius 1 is 1.14 bits per heavy atom. The summed E-state index contributed by atoms with van der Waals surface area (Å²) in [7, 11) is 0. The van der Waals surface area contributed by atoms with Gasteiger partial charge in [0.15, 0.2) is 6.10 Å². The Kier molecular flexibility index (Phi) is 5.56. The molecule has 0 saturated heterocycles. The molecule has 8 heteroatoms. The molecule has 1 atom stereocenters. The molecular weight excluding hydrogens is 390 g/mol. The lowest BCUT2D eigenvalue weighted by atomic mass is 10.1. The lowest BCUT2D eigenvalue weighted by molar-refractivity contribution is -0.123. The van der Waals surface area contributed by atoms with E-state index in [1.165, 1.54) is 6.92 Å². The van der Waals surface area contributed by atoms with Crippen molar-refractivity contribution in [1.82, 2.24) is 4.98 Å². The number of anilines is 1. The van der Waals surface area contributed by atoms with E-state index in [0.29, 0.717) is 27.7 Å². The summed E-state index contributed by atoms with van der Waals surface area (Å²) in [5.41, 5.74) is 1.06. The highest BCUT2D eigenvalue weighted by molar-refractivity contribution is 6.31. The van der Waals surface area contributed by atoms with Crippen LogP contribution in [0.25, 0.3) is 10.9 Å². The van der Waals surface area contributed by atoms with E-state index in [9.17, 15) is 18.4 Å². The van der Waals surface area contributed by atoms with Gasteiger partial charge in [0, 0.05) is 16.5 Å². The smallest absolute Gasteiger partial charge is 0.340 e. The number of ether oxygens (including phenoxy) is 1. The number of rotatable bonds is 4. The van der Waals surface area contributed by atoms with Crippen LogP contribution >= 0.6 is 11.6 Å². The number of benzene rings is 2. The molecule has 2 aromatic carbocycles. The first kappa shape index (κ1) is 19.7. The van der Waals surface area contributed by atoms with Crippen LogP contribution in [0.1, 0.15) is 23.0 Å². The number of hydrogen-bond acceptors (Lipinski definition) is 4. The van der Waals surface area contributed by atoms with E-state index < -0.39 is 29.6 Å². The maximum Gasteiger partial charge on any atom is 0.340 e. The van der Waals surface area contributed by atoms with Crippen molar-refractivity contribution in [1.29, 1.82) is 0 Å². The molecule has 28 heavy (non-hydrogen) atoms. The van der Waals surface area contributed by atoms with Crippen molar-refractivity contribution in [2.45, 2.75) is 20.0 Å². The molecular formula is C20H15ClF2N2O3. The van der Waals surface area contributed by atoms with Gasteiger partial charge in [-0.25, -0.2) is 13.6 Å². The summed E-state index contributed by atoms with van der Waals surface area (Å²) < 4.78 is 31.8. The molecule has 0 aliphatic carbocycles. The van der Waals surface area contributed by atoms with Crippen molar-refractivity contribution in [3.8, 4) is 0 Å². The number of carbonyl (C=O) groups excluding carboxylic acids is 2. The molecule has 3 aromatic rings. The fraction of sp³-hybridized carbons (Fsp3) is 0.150. The normalized spacial score (nSPS) is 11.9. The molecule has 0 saturated carbocycles. The SMILES string of the molecule is Cc1nc2ccc(Cl)cc2cc1C(=O)OC(C)C(=O)Nc1ccc(F)cc1F. The van der Waals surface area contributed by atoms with Crippen LogP contribution in [0.5, 0.6) is 0 Å². The minimum atomic E-state index is -1.22. The van der Waals surface area contributed by atoms with Gasteiger partial charge in [-0.05, 0) is 50.2 Å². The Morgan fingerprint density at radius 3 is 2.61 bits per heavy atom. The number of amides is 1. The molecule has 0 radical (unpaired) electrons. The Bertz CT molecular complexity index is 1090. The molecule has 0 aliphatic rings. The molecule has 0 bridgehead atoms. The summed E-state index contributed by atoms with van der Waals surface area (Å²) in [5, 5.41) is 3.40. The van der Waals surface area contributed by atoms with E-state index in [-0.39, 0.29) is 11.3 Å². The van der Waals surface area contributed by atoms with E-state index in [1.54, 1.807) is 31.2 Å². The molecule has 1 amide bonds. The number of aromatic nitrogens is 1. The van der Waals surface area contributed by atoms with Gasteiger partial charge in [-0.1, -0.05) is 11.6 Å². The Morgan fingerprint density at radius 2 is 1.89 bits per heavy atom. The Hall–Kier alpha value is -3.06. The molecule has 144 valence electrons. The predicted molar refractivity (Wildman–Crippen MR) is 101 cm³/mol. The van der Waals surface area contributed by atoms with Gasteiger partial charge in [0.2, 0.25) is 0 Å². The van der Waals surface area contributed by atoms with E-state index in [4.69, 9.17) is 16.3 Å². The minimum Gasteiger partial charge on any atom is -0.449 e. The number of aryl methyl sites for hydroxylation is 1. The topological polar surface area (TPSA) is 68.3 Å². The van der Waals surface area contributed by atoms with Gasteiger partial charge in [-0.3, -0.25) is 9.78 Å². The van der Waals surface area contributed by atoms with Gasteiger partial charge in [-0.15, -0.1) is 0 Å². The van der Waals surface area contributed by atoms with Crippen LogP contribution in [-0.4, -0.2) is 23.0 Å². The number of halogens is 3. The van der Waals surface area contributed by atoms with Gasteiger partial charge < -0.3 is 10.1 Å². The van der Waals surface area contributed by atoms with Crippen LogP contribution in [0.3, 0.4) is 0 Å². The first-order chi connectivity index (χ1) is 13.2. The highest BCUT2D eigenvalue weighted by Gasteiger charge is 2.22.